The van der Waals surface area contributed by atoms with Crippen molar-refractivity contribution in [2.45, 2.75) is 57.7 Å². The Hall–Kier alpha value is -3.47. The fraction of sp³-hybridized carbons (Fsp3) is 0.500. The van der Waals surface area contributed by atoms with Crippen molar-refractivity contribution < 1.29 is 29.1 Å². The summed E-state index contributed by atoms with van der Waals surface area (Å²) in [4.78, 5) is 60.4. The van der Waals surface area contributed by atoms with Crippen LogP contribution in [0.5, 0.6) is 0 Å². The first kappa shape index (κ1) is 27.6. The van der Waals surface area contributed by atoms with Crippen LogP contribution >= 0.6 is 0 Å². The molecule has 0 aliphatic rings. The SMILES string of the molecule is CC(C)CC(NC(=O)CN)C(=O)NC(CCC(N)=O)C(=O)NC(Cc1ccccc1)C(=O)O. The van der Waals surface area contributed by atoms with E-state index in [2.05, 4.69) is 16.0 Å². The van der Waals surface area contributed by atoms with Crippen molar-refractivity contribution in [1.29, 1.82) is 0 Å². The molecule has 8 N–H and O–H groups in total. The molecule has 11 nitrogen and oxygen atoms in total. The standard InChI is InChI=1S/C22H33N5O6/c1-13(2)10-16(25-19(29)12-23)21(31)26-15(8-9-18(24)28)20(30)27-17(22(32)33)11-14-6-4-3-5-7-14/h3-7,13,15-17H,8-12,23H2,1-2H3,(H2,24,28)(H,25,29)(H,26,31)(H,27,30)(H,32,33). The molecule has 0 radical (unpaired) electrons. The summed E-state index contributed by atoms with van der Waals surface area (Å²) in [6.45, 7) is 3.40. The topological polar surface area (TPSA) is 194 Å². The van der Waals surface area contributed by atoms with E-state index >= 15 is 0 Å². The second kappa shape index (κ2) is 13.8. The zero-order chi connectivity index (χ0) is 25.0. The number of carboxylic acids is 1. The quantitative estimate of drug-likeness (QED) is 0.204. The Labute approximate surface area is 192 Å². The van der Waals surface area contributed by atoms with Gasteiger partial charge in [-0.3, -0.25) is 19.2 Å². The van der Waals surface area contributed by atoms with Gasteiger partial charge in [0.05, 0.1) is 6.54 Å². The van der Waals surface area contributed by atoms with Gasteiger partial charge < -0.3 is 32.5 Å². The number of benzene rings is 1. The van der Waals surface area contributed by atoms with Crippen LogP contribution in [0.3, 0.4) is 0 Å². The highest BCUT2D eigenvalue weighted by atomic mass is 16.4. The van der Waals surface area contributed by atoms with Crippen LogP contribution < -0.4 is 27.4 Å². The van der Waals surface area contributed by atoms with Crippen LogP contribution in [0.15, 0.2) is 30.3 Å². The van der Waals surface area contributed by atoms with Crippen molar-refractivity contribution in [3.63, 3.8) is 0 Å². The number of carbonyl (C=O) groups is 5. The Bertz CT molecular complexity index is 830. The zero-order valence-electron chi connectivity index (χ0n) is 18.9. The van der Waals surface area contributed by atoms with E-state index in [0.717, 1.165) is 0 Å². The molecule has 0 spiro atoms. The number of aliphatic carboxylic acids is 1. The van der Waals surface area contributed by atoms with E-state index in [4.69, 9.17) is 11.5 Å². The van der Waals surface area contributed by atoms with Crippen molar-refractivity contribution in [3.05, 3.63) is 35.9 Å². The maximum atomic E-state index is 12.9. The largest absolute Gasteiger partial charge is 0.480 e. The van der Waals surface area contributed by atoms with Gasteiger partial charge in [-0.1, -0.05) is 44.2 Å². The summed E-state index contributed by atoms with van der Waals surface area (Å²) in [7, 11) is 0. The molecule has 1 aromatic rings. The van der Waals surface area contributed by atoms with Gasteiger partial charge in [-0.2, -0.15) is 0 Å². The number of hydrogen-bond donors (Lipinski definition) is 6. The Morgan fingerprint density at radius 3 is 2.00 bits per heavy atom. The van der Waals surface area contributed by atoms with E-state index in [9.17, 15) is 29.1 Å². The highest BCUT2D eigenvalue weighted by Gasteiger charge is 2.30. The van der Waals surface area contributed by atoms with E-state index in [1.54, 1.807) is 30.3 Å². The Morgan fingerprint density at radius 1 is 0.909 bits per heavy atom. The average molecular weight is 464 g/mol. The van der Waals surface area contributed by atoms with Crippen LogP contribution in [0, 0.1) is 5.92 Å². The predicted octanol–water partition coefficient (Wildman–Crippen LogP) is -0.962. The summed E-state index contributed by atoms with van der Waals surface area (Å²) >= 11 is 0. The molecule has 0 heterocycles. The fourth-order valence-electron chi connectivity index (χ4n) is 3.11. The van der Waals surface area contributed by atoms with Crippen LogP contribution in [0.4, 0.5) is 0 Å². The summed E-state index contributed by atoms with van der Waals surface area (Å²) in [5.41, 5.74) is 11.2. The molecule has 3 unspecified atom stereocenters. The van der Waals surface area contributed by atoms with Crippen LogP contribution in [0.1, 0.15) is 38.7 Å². The van der Waals surface area contributed by atoms with Crippen LogP contribution in [0.2, 0.25) is 0 Å². The lowest BCUT2D eigenvalue weighted by atomic mass is 10.0. The third kappa shape index (κ3) is 10.6. The number of carbonyl (C=O) groups excluding carboxylic acids is 4. The lowest BCUT2D eigenvalue weighted by Gasteiger charge is -2.25. The molecule has 0 aliphatic heterocycles. The number of nitrogens with one attached hydrogen (secondary N) is 3. The van der Waals surface area contributed by atoms with Gasteiger partial charge >= 0.3 is 5.97 Å². The van der Waals surface area contributed by atoms with Gasteiger partial charge in [-0.25, -0.2) is 4.79 Å². The third-order valence-electron chi connectivity index (χ3n) is 4.75. The first-order chi connectivity index (χ1) is 15.5. The summed E-state index contributed by atoms with van der Waals surface area (Å²) in [5.74, 6) is -3.86. The molecular weight excluding hydrogens is 430 g/mol. The molecule has 0 saturated carbocycles. The van der Waals surface area contributed by atoms with Gasteiger partial charge in [0.1, 0.15) is 18.1 Å². The fourth-order valence-corrected chi connectivity index (χ4v) is 3.11. The molecule has 182 valence electrons. The molecule has 0 fully saturated rings. The van der Waals surface area contributed by atoms with E-state index < -0.39 is 47.7 Å². The zero-order valence-corrected chi connectivity index (χ0v) is 18.9. The van der Waals surface area contributed by atoms with Crippen molar-refractivity contribution in [2.75, 3.05) is 6.54 Å². The number of carboxylic acid groups (broad SMARTS) is 1. The second-order valence-corrected chi connectivity index (χ2v) is 8.11. The minimum atomic E-state index is -1.25. The molecule has 11 heteroatoms. The molecule has 1 aromatic carbocycles. The van der Waals surface area contributed by atoms with Gasteiger partial charge in [0.25, 0.3) is 0 Å². The van der Waals surface area contributed by atoms with Crippen molar-refractivity contribution >= 4 is 29.6 Å². The molecule has 3 atom stereocenters. The van der Waals surface area contributed by atoms with Gasteiger partial charge in [-0.05, 0) is 24.3 Å². The monoisotopic (exact) mass is 463 g/mol. The number of rotatable bonds is 14. The van der Waals surface area contributed by atoms with E-state index in [1.807, 2.05) is 13.8 Å². The van der Waals surface area contributed by atoms with Crippen LogP contribution in [-0.4, -0.2) is 59.4 Å². The van der Waals surface area contributed by atoms with Crippen molar-refractivity contribution in [1.82, 2.24) is 16.0 Å². The minimum Gasteiger partial charge on any atom is -0.480 e. The van der Waals surface area contributed by atoms with E-state index in [-0.39, 0.29) is 38.1 Å². The summed E-state index contributed by atoms with van der Waals surface area (Å²) < 4.78 is 0. The molecule has 1 rings (SSSR count). The number of nitrogens with two attached hydrogens (primary N) is 2. The maximum Gasteiger partial charge on any atom is 0.326 e. The van der Waals surface area contributed by atoms with Gasteiger partial charge in [0.2, 0.25) is 23.6 Å². The van der Waals surface area contributed by atoms with Gasteiger partial charge in [0.15, 0.2) is 0 Å². The van der Waals surface area contributed by atoms with E-state index in [0.29, 0.717) is 5.56 Å². The summed E-state index contributed by atoms with van der Waals surface area (Å²) in [6.07, 6.45) is -0.0307. The smallest absolute Gasteiger partial charge is 0.326 e. The van der Waals surface area contributed by atoms with Crippen molar-refractivity contribution in [2.24, 2.45) is 17.4 Å². The van der Waals surface area contributed by atoms with Gasteiger partial charge in [0, 0.05) is 12.8 Å². The molecule has 0 aliphatic carbocycles. The van der Waals surface area contributed by atoms with Gasteiger partial charge in [-0.15, -0.1) is 0 Å². The van der Waals surface area contributed by atoms with E-state index in [1.165, 1.54) is 0 Å². The summed E-state index contributed by atoms with van der Waals surface area (Å²) in [6, 6.07) is 5.29. The minimum absolute atomic E-state index is 0.0287. The second-order valence-electron chi connectivity index (χ2n) is 8.11. The maximum absolute atomic E-state index is 12.9. The molecule has 0 saturated heterocycles. The molecular formula is C22H33N5O6. The van der Waals surface area contributed by atoms with Crippen molar-refractivity contribution in [3.8, 4) is 0 Å². The predicted molar refractivity (Wildman–Crippen MR) is 121 cm³/mol. The van der Waals surface area contributed by atoms with Crippen LogP contribution in [-0.2, 0) is 30.4 Å². The highest BCUT2D eigenvalue weighted by molar-refractivity contribution is 5.94. The Kier molecular flexibility index (Phi) is 11.6. The number of primary amides is 1. The molecule has 33 heavy (non-hydrogen) atoms. The number of hydrogen-bond acceptors (Lipinski definition) is 6. The Morgan fingerprint density at radius 2 is 1.48 bits per heavy atom. The van der Waals surface area contributed by atoms with Crippen LogP contribution in [0.25, 0.3) is 0 Å². The highest BCUT2D eigenvalue weighted by Crippen LogP contribution is 2.08. The number of amides is 4. The lowest BCUT2D eigenvalue weighted by Crippen LogP contribution is -2.56. The first-order valence-electron chi connectivity index (χ1n) is 10.7. The molecule has 4 amide bonds. The summed E-state index contributed by atoms with van der Waals surface area (Å²) in [5, 5.41) is 17.0. The first-order valence-corrected chi connectivity index (χ1v) is 10.7. The Balaban J connectivity index is 2.99. The average Bonchev–Trinajstić information content (AvgIpc) is 2.75. The lowest BCUT2D eigenvalue weighted by molar-refractivity contribution is -0.142. The molecule has 0 bridgehead atoms. The third-order valence-corrected chi connectivity index (χ3v) is 4.75. The molecule has 0 aromatic heterocycles. The normalized spacial score (nSPS) is 13.5.